The van der Waals surface area contributed by atoms with Gasteiger partial charge in [0, 0.05) is 57.5 Å². The summed E-state index contributed by atoms with van der Waals surface area (Å²) in [5, 5.41) is 21.7. The molecule has 29 heavy (non-hydrogen) atoms. The lowest BCUT2D eigenvalue weighted by molar-refractivity contribution is -0.384. The molecule has 0 bridgehead atoms. The van der Waals surface area contributed by atoms with Crippen LogP contribution in [0.15, 0.2) is 28.7 Å². The van der Waals surface area contributed by atoms with Gasteiger partial charge >= 0.3 is 0 Å². The number of ether oxygens (including phenoxy) is 1. The molecular weight excluding hydrogens is 380 g/mol. The van der Waals surface area contributed by atoms with Crippen molar-refractivity contribution in [2.45, 2.75) is 6.54 Å². The minimum absolute atomic E-state index is 0.000130. The molecule has 0 radical (unpaired) electrons. The van der Waals surface area contributed by atoms with Crippen molar-refractivity contribution in [3.63, 3.8) is 0 Å². The van der Waals surface area contributed by atoms with Gasteiger partial charge in [0.15, 0.2) is 0 Å². The van der Waals surface area contributed by atoms with Gasteiger partial charge in [-0.25, -0.2) is 0 Å². The fraction of sp³-hybridized carbons (Fsp3) is 0.500. The second-order valence-electron chi connectivity index (χ2n) is 6.70. The lowest BCUT2D eigenvalue weighted by Crippen LogP contribution is -2.49. The number of nitro benzene ring substituents is 1. The van der Waals surface area contributed by atoms with Crippen LogP contribution in [0.25, 0.3) is 11.5 Å². The van der Waals surface area contributed by atoms with Crippen LogP contribution in [0.4, 0.5) is 5.69 Å². The van der Waals surface area contributed by atoms with E-state index in [-0.39, 0.29) is 11.6 Å². The number of hydrogen-bond donors (Lipinski definition) is 1. The summed E-state index contributed by atoms with van der Waals surface area (Å²) >= 11 is 0. The van der Waals surface area contributed by atoms with Crippen molar-refractivity contribution < 1.29 is 18.9 Å². The molecular formula is C18H24N6O5. The first kappa shape index (κ1) is 20.8. The summed E-state index contributed by atoms with van der Waals surface area (Å²) in [4.78, 5) is 26.4. The first-order chi connectivity index (χ1) is 14.0. The third-order valence-electron chi connectivity index (χ3n) is 4.61. The van der Waals surface area contributed by atoms with E-state index in [0.29, 0.717) is 43.6 Å². The zero-order chi connectivity index (χ0) is 20.6. The second kappa shape index (κ2) is 10.0. The number of nitro groups is 1. The van der Waals surface area contributed by atoms with Gasteiger partial charge in [-0.15, -0.1) is 10.2 Å². The normalized spacial score (nSPS) is 15.3. The first-order valence-electron chi connectivity index (χ1n) is 9.32. The smallest absolute Gasteiger partial charge is 0.269 e. The van der Waals surface area contributed by atoms with Crippen LogP contribution >= 0.6 is 0 Å². The Labute approximate surface area is 167 Å². The van der Waals surface area contributed by atoms with Crippen LogP contribution in [0.5, 0.6) is 0 Å². The molecule has 0 unspecified atom stereocenters. The molecule has 2 heterocycles. The van der Waals surface area contributed by atoms with E-state index in [1.54, 1.807) is 19.2 Å². The molecule has 0 aliphatic carbocycles. The number of piperazine rings is 1. The third-order valence-corrected chi connectivity index (χ3v) is 4.61. The molecule has 3 rings (SSSR count). The topological polar surface area (TPSA) is 127 Å². The summed E-state index contributed by atoms with van der Waals surface area (Å²) < 4.78 is 10.6. The van der Waals surface area contributed by atoms with Crippen molar-refractivity contribution in [3.8, 4) is 11.5 Å². The van der Waals surface area contributed by atoms with Gasteiger partial charge in [-0.3, -0.25) is 24.7 Å². The maximum Gasteiger partial charge on any atom is 0.269 e. The maximum absolute atomic E-state index is 11.9. The van der Waals surface area contributed by atoms with Crippen LogP contribution in [-0.2, 0) is 16.1 Å². The van der Waals surface area contributed by atoms with Gasteiger partial charge in [0.2, 0.25) is 17.7 Å². The number of carbonyl (C=O) groups is 1. The van der Waals surface area contributed by atoms with Gasteiger partial charge < -0.3 is 14.5 Å². The number of carbonyl (C=O) groups excluding carboxylic acids is 1. The van der Waals surface area contributed by atoms with Gasteiger partial charge in [-0.1, -0.05) is 0 Å². The molecule has 0 atom stereocenters. The zero-order valence-electron chi connectivity index (χ0n) is 16.2. The van der Waals surface area contributed by atoms with E-state index in [0.717, 1.165) is 26.2 Å². The number of nitrogens with one attached hydrogen (secondary N) is 1. The number of benzene rings is 1. The third kappa shape index (κ3) is 6.04. The highest BCUT2D eigenvalue weighted by Gasteiger charge is 2.21. The molecule has 1 aliphatic rings. The minimum Gasteiger partial charge on any atom is -0.419 e. The number of rotatable bonds is 9. The number of non-ortho nitro benzene ring substituents is 1. The molecule has 0 saturated carbocycles. The average Bonchev–Trinajstić information content (AvgIpc) is 3.18. The predicted octanol–water partition coefficient (Wildman–Crippen LogP) is 0.525. The van der Waals surface area contributed by atoms with Gasteiger partial charge in [-0.05, 0) is 12.1 Å². The average molecular weight is 404 g/mol. The molecule has 0 spiro atoms. The van der Waals surface area contributed by atoms with Crippen LogP contribution in [0, 0.1) is 10.1 Å². The molecule has 1 saturated heterocycles. The summed E-state index contributed by atoms with van der Waals surface area (Å²) in [6, 6.07) is 5.99. The van der Waals surface area contributed by atoms with E-state index in [1.165, 1.54) is 12.1 Å². The molecule has 2 aromatic rings. The Morgan fingerprint density at radius 3 is 2.55 bits per heavy atom. The van der Waals surface area contributed by atoms with Crippen molar-refractivity contribution >= 4 is 11.6 Å². The quantitative estimate of drug-likeness (QED) is 0.361. The Hall–Kier alpha value is -2.89. The maximum atomic E-state index is 11.9. The van der Waals surface area contributed by atoms with E-state index in [9.17, 15) is 14.9 Å². The summed E-state index contributed by atoms with van der Waals surface area (Å²) in [7, 11) is 1.60. The molecule has 1 fully saturated rings. The Balaban J connectivity index is 1.45. The van der Waals surface area contributed by atoms with Crippen molar-refractivity contribution in [1.29, 1.82) is 0 Å². The standard InChI is InChI=1S/C18H24N6O5/c1-28-11-6-19-16(25)12-22-7-9-23(10-8-22)13-17-20-21-18(29-17)14-2-4-15(5-3-14)24(26)27/h2-5H,6-13H2,1H3,(H,19,25). The van der Waals surface area contributed by atoms with Crippen molar-refractivity contribution in [2.75, 3.05) is 53.0 Å². The Bertz CT molecular complexity index is 816. The van der Waals surface area contributed by atoms with Gasteiger partial charge in [-0.2, -0.15) is 0 Å². The van der Waals surface area contributed by atoms with Gasteiger partial charge in [0.1, 0.15) is 0 Å². The van der Waals surface area contributed by atoms with E-state index in [1.807, 2.05) is 0 Å². The number of amides is 1. The number of hydrogen-bond acceptors (Lipinski definition) is 9. The Morgan fingerprint density at radius 1 is 1.21 bits per heavy atom. The second-order valence-corrected chi connectivity index (χ2v) is 6.70. The molecule has 1 aromatic carbocycles. The summed E-state index contributed by atoms with van der Waals surface area (Å²) in [6.45, 7) is 5.06. The molecule has 1 N–H and O–H groups in total. The number of methoxy groups -OCH3 is 1. The van der Waals surface area contributed by atoms with Gasteiger partial charge in [0.05, 0.1) is 24.6 Å². The van der Waals surface area contributed by atoms with Gasteiger partial charge in [0.25, 0.3) is 5.69 Å². The van der Waals surface area contributed by atoms with E-state index < -0.39 is 4.92 Å². The molecule has 11 nitrogen and oxygen atoms in total. The minimum atomic E-state index is -0.452. The zero-order valence-corrected chi connectivity index (χ0v) is 16.2. The molecule has 1 amide bonds. The Morgan fingerprint density at radius 2 is 1.90 bits per heavy atom. The van der Waals surface area contributed by atoms with Crippen LogP contribution < -0.4 is 5.32 Å². The summed E-state index contributed by atoms with van der Waals surface area (Å²) in [6.07, 6.45) is 0. The largest absolute Gasteiger partial charge is 0.419 e. The fourth-order valence-corrected chi connectivity index (χ4v) is 3.01. The SMILES string of the molecule is COCCNC(=O)CN1CCN(Cc2nnc(-c3ccc([N+](=O)[O-])cc3)o2)CC1. The highest BCUT2D eigenvalue weighted by molar-refractivity contribution is 5.78. The number of nitrogens with zero attached hydrogens (tertiary/aromatic N) is 5. The van der Waals surface area contributed by atoms with Crippen molar-refractivity contribution in [1.82, 2.24) is 25.3 Å². The molecule has 11 heteroatoms. The van der Waals surface area contributed by atoms with Crippen LogP contribution in [0.1, 0.15) is 5.89 Å². The van der Waals surface area contributed by atoms with Crippen LogP contribution in [-0.4, -0.2) is 83.8 Å². The highest BCUT2D eigenvalue weighted by atomic mass is 16.6. The lowest BCUT2D eigenvalue weighted by atomic mass is 10.2. The number of aromatic nitrogens is 2. The van der Waals surface area contributed by atoms with Crippen molar-refractivity contribution in [3.05, 3.63) is 40.3 Å². The predicted molar refractivity (Wildman–Crippen MR) is 103 cm³/mol. The van der Waals surface area contributed by atoms with E-state index >= 15 is 0 Å². The lowest BCUT2D eigenvalue weighted by Gasteiger charge is -2.33. The fourth-order valence-electron chi connectivity index (χ4n) is 3.01. The van der Waals surface area contributed by atoms with Crippen LogP contribution in [0.3, 0.4) is 0 Å². The van der Waals surface area contributed by atoms with E-state index in [4.69, 9.17) is 9.15 Å². The monoisotopic (exact) mass is 404 g/mol. The molecule has 1 aromatic heterocycles. The van der Waals surface area contributed by atoms with Crippen molar-refractivity contribution in [2.24, 2.45) is 0 Å². The molecule has 1 aliphatic heterocycles. The first-order valence-corrected chi connectivity index (χ1v) is 9.32. The Kier molecular flexibility index (Phi) is 7.22. The summed E-state index contributed by atoms with van der Waals surface area (Å²) in [5.41, 5.74) is 0.650. The summed E-state index contributed by atoms with van der Waals surface area (Å²) in [5.74, 6) is 0.825. The molecule has 156 valence electrons. The highest BCUT2D eigenvalue weighted by Crippen LogP contribution is 2.21. The van der Waals surface area contributed by atoms with Crippen LogP contribution in [0.2, 0.25) is 0 Å². The van der Waals surface area contributed by atoms with E-state index in [2.05, 4.69) is 25.3 Å².